The number of amides is 3. The van der Waals surface area contributed by atoms with Gasteiger partial charge in [0.1, 0.15) is 5.70 Å². The monoisotopic (exact) mass is 472 g/mol. The van der Waals surface area contributed by atoms with Crippen LogP contribution in [0.25, 0.3) is 17.0 Å². The third kappa shape index (κ3) is 5.45. The maximum Gasteiger partial charge on any atom is 0.270 e. The molecule has 2 heterocycles. The van der Waals surface area contributed by atoms with Gasteiger partial charge in [-0.25, -0.2) is 0 Å². The van der Waals surface area contributed by atoms with E-state index in [1.807, 2.05) is 55.3 Å². The molecule has 3 aromatic rings. The maximum atomic E-state index is 13.7. The Hall–Kier alpha value is -3.87. The van der Waals surface area contributed by atoms with E-state index in [2.05, 4.69) is 10.3 Å². The summed E-state index contributed by atoms with van der Waals surface area (Å²) in [5.41, 5.74) is 2.42. The van der Waals surface area contributed by atoms with Crippen LogP contribution in [-0.2, 0) is 9.59 Å². The van der Waals surface area contributed by atoms with E-state index in [4.69, 9.17) is 0 Å². The van der Waals surface area contributed by atoms with Gasteiger partial charge in [-0.1, -0.05) is 36.4 Å². The molecule has 7 nitrogen and oxygen atoms in total. The molecule has 1 aliphatic heterocycles. The van der Waals surface area contributed by atoms with E-state index in [-0.39, 0.29) is 29.3 Å². The van der Waals surface area contributed by atoms with Gasteiger partial charge in [0.05, 0.1) is 5.92 Å². The number of hydrogen-bond donors (Lipinski definition) is 2. The third-order valence-electron chi connectivity index (χ3n) is 6.57. The number of likely N-dealkylation sites (tertiary alicyclic amines) is 1. The van der Waals surface area contributed by atoms with Crippen LogP contribution < -0.4 is 5.32 Å². The summed E-state index contributed by atoms with van der Waals surface area (Å²) in [6.45, 7) is 6.13. The minimum Gasteiger partial charge on any atom is -0.361 e. The van der Waals surface area contributed by atoms with Gasteiger partial charge in [-0.05, 0) is 51.0 Å². The number of benzene rings is 2. The van der Waals surface area contributed by atoms with Crippen molar-refractivity contribution in [1.29, 1.82) is 0 Å². The molecule has 0 spiro atoms. The molecule has 7 heteroatoms. The number of carbonyl (C=O) groups excluding carboxylic acids is 3. The standard InChI is InChI=1S/C28H32N4O3/c1-3-31(4-2)27(34)21-13-10-16-32(19-21)28(35)25(30-26(33)20-11-6-5-7-12-20)17-22-18-29-24-15-9-8-14-23(22)24/h5-9,11-12,14-15,17-18,21,29H,3-4,10,13,16,19H2,1-2H3,(H,30,33)/b25-17-/t21-/m1/s1. The van der Waals surface area contributed by atoms with Crippen molar-refractivity contribution in [2.24, 2.45) is 5.92 Å². The van der Waals surface area contributed by atoms with Crippen molar-refractivity contribution in [1.82, 2.24) is 20.1 Å². The number of hydrogen-bond acceptors (Lipinski definition) is 3. The average Bonchev–Trinajstić information content (AvgIpc) is 3.31. The second kappa shape index (κ2) is 11.0. The van der Waals surface area contributed by atoms with Crippen LogP contribution in [0.3, 0.4) is 0 Å². The van der Waals surface area contributed by atoms with E-state index < -0.39 is 0 Å². The van der Waals surface area contributed by atoms with E-state index in [0.29, 0.717) is 31.7 Å². The normalized spacial score (nSPS) is 16.2. The van der Waals surface area contributed by atoms with Gasteiger partial charge in [-0.3, -0.25) is 14.4 Å². The van der Waals surface area contributed by atoms with Gasteiger partial charge in [-0.2, -0.15) is 0 Å². The molecule has 0 unspecified atom stereocenters. The molecule has 1 atom stereocenters. The van der Waals surface area contributed by atoms with Crippen LogP contribution in [0.1, 0.15) is 42.6 Å². The third-order valence-corrected chi connectivity index (χ3v) is 6.57. The lowest BCUT2D eigenvalue weighted by Crippen LogP contribution is -2.48. The molecule has 1 fully saturated rings. The Morgan fingerprint density at radius 3 is 2.51 bits per heavy atom. The average molecular weight is 473 g/mol. The van der Waals surface area contributed by atoms with Crippen LogP contribution in [0, 0.1) is 5.92 Å². The van der Waals surface area contributed by atoms with E-state index in [9.17, 15) is 14.4 Å². The van der Waals surface area contributed by atoms with Crippen molar-refractivity contribution in [3.63, 3.8) is 0 Å². The molecule has 1 aromatic heterocycles. The zero-order valence-electron chi connectivity index (χ0n) is 20.3. The molecule has 2 N–H and O–H groups in total. The highest BCUT2D eigenvalue weighted by Gasteiger charge is 2.32. The smallest absolute Gasteiger partial charge is 0.270 e. The number of fused-ring (bicyclic) bond motifs is 1. The molecule has 182 valence electrons. The lowest BCUT2D eigenvalue weighted by atomic mass is 9.96. The highest BCUT2D eigenvalue weighted by molar-refractivity contribution is 6.06. The van der Waals surface area contributed by atoms with Gasteiger partial charge < -0.3 is 20.1 Å². The Labute approximate surface area is 205 Å². The number of nitrogens with one attached hydrogen (secondary N) is 2. The second-order valence-corrected chi connectivity index (χ2v) is 8.77. The minimum absolute atomic E-state index is 0.0861. The molecule has 4 rings (SSSR count). The lowest BCUT2D eigenvalue weighted by molar-refractivity contribution is -0.139. The molecular weight excluding hydrogens is 440 g/mol. The Morgan fingerprint density at radius 2 is 1.77 bits per heavy atom. The Kier molecular flexibility index (Phi) is 7.65. The summed E-state index contributed by atoms with van der Waals surface area (Å²) in [5.74, 6) is -0.774. The summed E-state index contributed by atoms with van der Waals surface area (Å²) in [6, 6.07) is 16.6. The molecule has 1 aliphatic rings. The van der Waals surface area contributed by atoms with E-state index >= 15 is 0 Å². The molecule has 3 amide bonds. The summed E-state index contributed by atoms with van der Waals surface area (Å²) in [6.07, 6.45) is 5.06. The zero-order chi connectivity index (χ0) is 24.8. The maximum absolute atomic E-state index is 13.7. The van der Waals surface area contributed by atoms with Crippen molar-refractivity contribution in [2.75, 3.05) is 26.2 Å². The van der Waals surface area contributed by atoms with Gasteiger partial charge in [0, 0.05) is 54.4 Å². The van der Waals surface area contributed by atoms with Gasteiger partial charge >= 0.3 is 0 Å². The predicted octanol–water partition coefficient (Wildman–Crippen LogP) is 4.05. The fourth-order valence-electron chi connectivity index (χ4n) is 4.63. The number of piperidine rings is 1. The Bertz CT molecular complexity index is 1230. The highest BCUT2D eigenvalue weighted by atomic mass is 16.2. The lowest BCUT2D eigenvalue weighted by Gasteiger charge is -2.35. The minimum atomic E-state index is -0.349. The molecule has 1 saturated heterocycles. The van der Waals surface area contributed by atoms with Crippen molar-refractivity contribution in [3.8, 4) is 0 Å². The van der Waals surface area contributed by atoms with E-state index in [1.54, 1.807) is 35.2 Å². The largest absolute Gasteiger partial charge is 0.361 e. The molecule has 35 heavy (non-hydrogen) atoms. The van der Waals surface area contributed by atoms with Crippen LogP contribution >= 0.6 is 0 Å². The summed E-state index contributed by atoms with van der Waals surface area (Å²) < 4.78 is 0. The summed E-state index contributed by atoms with van der Waals surface area (Å²) in [7, 11) is 0. The first-order valence-corrected chi connectivity index (χ1v) is 12.2. The fourth-order valence-corrected chi connectivity index (χ4v) is 4.63. The SMILES string of the molecule is CCN(CC)C(=O)[C@@H]1CCCN(C(=O)/C(=C/c2c[nH]c3ccccc23)NC(=O)c2ccccc2)C1. The number of nitrogens with zero attached hydrogens (tertiary/aromatic N) is 2. The topological polar surface area (TPSA) is 85.5 Å². The van der Waals surface area contributed by atoms with Gasteiger partial charge in [0.25, 0.3) is 11.8 Å². The first kappa shape index (κ1) is 24.3. The molecule has 0 bridgehead atoms. The molecule has 0 aliphatic carbocycles. The van der Waals surface area contributed by atoms with E-state index in [0.717, 1.165) is 29.3 Å². The summed E-state index contributed by atoms with van der Waals surface area (Å²) in [4.78, 5) is 46.4. The van der Waals surface area contributed by atoms with Gasteiger partial charge in [0.15, 0.2) is 0 Å². The number of aromatic nitrogens is 1. The summed E-state index contributed by atoms with van der Waals surface area (Å²) in [5, 5.41) is 3.80. The quantitative estimate of drug-likeness (QED) is 0.509. The van der Waals surface area contributed by atoms with Crippen LogP contribution in [-0.4, -0.2) is 58.7 Å². The Morgan fingerprint density at radius 1 is 1.06 bits per heavy atom. The van der Waals surface area contributed by atoms with Crippen molar-refractivity contribution in [2.45, 2.75) is 26.7 Å². The molecular formula is C28H32N4O3. The number of aromatic amines is 1. The number of carbonyl (C=O) groups is 3. The van der Waals surface area contributed by atoms with Gasteiger partial charge in [0.2, 0.25) is 5.91 Å². The van der Waals surface area contributed by atoms with Crippen LogP contribution in [0.15, 0.2) is 66.5 Å². The van der Waals surface area contributed by atoms with Crippen LogP contribution in [0.4, 0.5) is 0 Å². The number of para-hydroxylation sites is 1. The summed E-state index contributed by atoms with van der Waals surface area (Å²) >= 11 is 0. The number of H-pyrrole nitrogens is 1. The number of rotatable bonds is 7. The molecule has 0 saturated carbocycles. The van der Waals surface area contributed by atoms with Crippen molar-refractivity contribution < 1.29 is 14.4 Å². The predicted molar refractivity (Wildman–Crippen MR) is 137 cm³/mol. The van der Waals surface area contributed by atoms with Crippen LogP contribution in [0.2, 0.25) is 0 Å². The first-order chi connectivity index (χ1) is 17.0. The second-order valence-electron chi connectivity index (χ2n) is 8.77. The molecule has 0 radical (unpaired) electrons. The zero-order valence-corrected chi connectivity index (χ0v) is 20.3. The Balaban J connectivity index is 1.63. The van der Waals surface area contributed by atoms with Crippen molar-refractivity contribution >= 4 is 34.7 Å². The molecule has 2 aromatic carbocycles. The van der Waals surface area contributed by atoms with Crippen LogP contribution in [0.5, 0.6) is 0 Å². The van der Waals surface area contributed by atoms with E-state index in [1.165, 1.54) is 0 Å². The van der Waals surface area contributed by atoms with Crippen molar-refractivity contribution in [3.05, 3.63) is 77.6 Å². The first-order valence-electron chi connectivity index (χ1n) is 12.2. The highest BCUT2D eigenvalue weighted by Crippen LogP contribution is 2.23. The van der Waals surface area contributed by atoms with Gasteiger partial charge in [-0.15, -0.1) is 0 Å². The fraction of sp³-hybridized carbons (Fsp3) is 0.321.